The molecule has 11 nitrogen and oxygen atoms in total. The Morgan fingerprint density at radius 2 is 1.96 bits per heavy atom. The van der Waals surface area contributed by atoms with Crippen LogP contribution < -0.4 is 19.1 Å². The number of esters is 1. The van der Waals surface area contributed by atoms with Gasteiger partial charge in [0.25, 0.3) is 5.79 Å². The van der Waals surface area contributed by atoms with E-state index in [2.05, 4.69) is 25.4 Å². The van der Waals surface area contributed by atoms with Crippen molar-refractivity contribution in [1.29, 1.82) is 0 Å². The molecule has 2 saturated heterocycles. The number of aromatic nitrogens is 3. The highest BCUT2D eigenvalue weighted by Gasteiger charge is 2.47. The number of benzene rings is 2. The lowest BCUT2D eigenvalue weighted by molar-refractivity contribution is -0.0717. The van der Waals surface area contributed by atoms with Crippen LogP contribution in [0, 0.1) is 0 Å². The molecule has 12 heteroatoms. The standard InChI is InChI=1S/C35H38ClN5O6/c1-35(30-12-9-22(36)18-37-30)46-28-8-4-7-26(33(28)47-35)40-14-13-39(24-10-11-25(24)40)20-31-38-32-27(41(31)19-23-6-5-15-45-23)16-21(34(42)44-3)17-29(32)43-2/h4,7-9,12,16-18,23-25H,5-6,10-11,13-15,19-20H2,1-3H3/t23-,24-,25-,35-/m0/s1. The van der Waals surface area contributed by atoms with E-state index in [9.17, 15) is 4.79 Å². The van der Waals surface area contributed by atoms with Crippen molar-refractivity contribution in [2.24, 2.45) is 0 Å². The maximum Gasteiger partial charge on any atom is 0.338 e. The number of carbonyl (C=O) groups is 1. The van der Waals surface area contributed by atoms with Gasteiger partial charge in [-0.05, 0) is 62.1 Å². The van der Waals surface area contributed by atoms with Gasteiger partial charge in [-0.3, -0.25) is 9.88 Å². The number of imidazole rings is 1. The first-order valence-corrected chi connectivity index (χ1v) is 16.6. The van der Waals surface area contributed by atoms with Crippen LogP contribution in [-0.4, -0.2) is 77.5 Å². The molecule has 47 heavy (non-hydrogen) atoms. The topological polar surface area (TPSA) is 100 Å². The maximum atomic E-state index is 12.6. The Morgan fingerprint density at radius 3 is 2.68 bits per heavy atom. The Kier molecular flexibility index (Phi) is 7.65. The van der Waals surface area contributed by atoms with Gasteiger partial charge in [0, 0.05) is 44.9 Å². The molecule has 0 unspecified atom stereocenters. The Morgan fingerprint density at radius 1 is 1.09 bits per heavy atom. The summed E-state index contributed by atoms with van der Waals surface area (Å²) in [6, 6.07) is 14.0. The maximum absolute atomic E-state index is 12.6. The average Bonchev–Trinajstić information content (AvgIpc) is 3.79. The first-order chi connectivity index (χ1) is 22.8. The second-order valence-corrected chi connectivity index (χ2v) is 13.2. The highest BCUT2D eigenvalue weighted by Crippen LogP contribution is 2.51. The number of piperazine rings is 1. The number of fused-ring (bicyclic) bond motifs is 3. The fourth-order valence-electron chi connectivity index (χ4n) is 7.53. The average molecular weight is 660 g/mol. The number of rotatable bonds is 8. The van der Waals surface area contributed by atoms with Crippen molar-refractivity contribution >= 4 is 34.3 Å². The number of hydrogen-bond acceptors (Lipinski definition) is 10. The van der Waals surface area contributed by atoms with Gasteiger partial charge in [-0.1, -0.05) is 17.7 Å². The second-order valence-electron chi connectivity index (χ2n) is 12.8. The van der Waals surface area contributed by atoms with Crippen LogP contribution in [0.5, 0.6) is 17.2 Å². The molecule has 4 atom stereocenters. The predicted octanol–water partition coefficient (Wildman–Crippen LogP) is 5.56. The van der Waals surface area contributed by atoms with E-state index >= 15 is 0 Å². The fraction of sp³-hybridized carbons (Fsp3) is 0.457. The normalized spacial score (nSPS) is 25.1. The fourth-order valence-corrected chi connectivity index (χ4v) is 7.65. The van der Waals surface area contributed by atoms with E-state index in [1.165, 1.54) is 7.11 Å². The monoisotopic (exact) mass is 659 g/mol. The van der Waals surface area contributed by atoms with Gasteiger partial charge < -0.3 is 33.2 Å². The van der Waals surface area contributed by atoms with Crippen LogP contribution in [0.2, 0.25) is 5.02 Å². The van der Waals surface area contributed by atoms with Gasteiger partial charge in [-0.15, -0.1) is 0 Å². The summed E-state index contributed by atoms with van der Waals surface area (Å²) in [5.74, 6) is 1.51. The van der Waals surface area contributed by atoms with E-state index < -0.39 is 11.8 Å². The minimum atomic E-state index is -1.04. The van der Waals surface area contributed by atoms with Crippen LogP contribution in [0.25, 0.3) is 11.0 Å². The molecule has 2 aromatic carbocycles. The third-order valence-electron chi connectivity index (χ3n) is 10.1. The molecular weight excluding hydrogens is 622 g/mol. The number of ether oxygens (including phenoxy) is 5. The zero-order valence-corrected chi connectivity index (χ0v) is 27.5. The molecule has 0 amide bonds. The minimum Gasteiger partial charge on any atom is -0.494 e. The van der Waals surface area contributed by atoms with E-state index in [1.807, 2.05) is 31.2 Å². The molecule has 2 aromatic heterocycles. The highest BCUT2D eigenvalue weighted by molar-refractivity contribution is 6.30. The Balaban J connectivity index is 1.07. The quantitative estimate of drug-likeness (QED) is 0.224. The Hall–Kier alpha value is -4.06. The molecule has 246 valence electrons. The number of nitrogens with zero attached hydrogens (tertiary/aromatic N) is 5. The summed E-state index contributed by atoms with van der Waals surface area (Å²) in [5.41, 5.74) is 3.74. The zero-order chi connectivity index (χ0) is 32.3. The summed E-state index contributed by atoms with van der Waals surface area (Å²) in [4.78, 5) is 27.2. The van der Waals surface area contributed by atoms with Gasteiger partial charge in [0.2, 0.25) is 0 Å². The molecule has 0 radical (unpaired) electrons. The van der Waals surface area contributed by atoms with Gasteiger partial charge in [0.15, 0.2) is 11.5 Å². The van der Waals surface area contributed by atoms with Crippen LogP contribution in [0.4, 0.5) is 5.69 Å². The van der Waals surface area contributed by atoms with Crippen molar-refractivity contribution < 1.29 is 28.5 Å². The molecule has 5 heterocycles. The summed E-state index contributed by atoms with van der Waals surface area (Å²) in [6.07, 6.45) is 5.94. The summed E-state index contributed by atoms with van der Waals surface area (Å²) in [7, 11) is 3.00. The van der Waals surface area contributed by atoms with Gasteiger partial charge in [0.1, 0.15) is 22.8 Å². The first-order valence-electron chi connectivity index (χ1n) is 16.3. The number of carbonyl (C=O) groups excluding carboxylic acids is 1. The number of anilines is 1. The lowest BCUT2D eigenvalue weighted by atomic mass is 9.81. The number of methoxy groups -OCH3 is 2. The van der Waals surface area contributed by atoms with Crippen LogP contribution in [0.15, 0.2) is 48.7 Å². The first kappa shape index (κ1) is 30.3. The SMILES string of the molecule is COC(=O)c1cc(OC)c2nc(CN3CCN(c4cccc5c4O[C@@](C)(c4ccc(Cl)cn4)O5)[C@H]4CC[C@@H]43)n(C[C@@H]3CCCO3)c2c1. The Labute approximate surface area is 278 Å². The third kappa shape index (κ3) is 5.25. The van der Waals surface area contributed by atoms with Gasteiger partial charge in [-0.25, -0.2) is 9.78 Å². The van der Waals surface area contributed by atoms with E-state index in [-0.39, 0.29) is 6.10 Å². The van der Waals surface area contributed by atoms with Crippen molar-refractivity contribution in [3.05, 3.63) is 70.8 Å². The van der Waals surface area contributed by atoms with Crippen molar-refractivity contribution in [2.45, 2.75) is 69.7 Å². The Bertz CT molecular complexity index is 1830. The number of halogens is 1. The minimum absolute atomic E-state index is 0.100. The van der Waals surface area contributed by atoms with Gasteiger partial charge >= 0.3 is 5.97 Å². The molecule has 4 aromatic rings. The number of hydrogen-bond donors (Lipinski definition) is 0. The molecule has 0 N–H and O–H groups in total. The van der Waals surface area contributed by atoms with Crippen LogP contribution in [0.3, 0.4) is 0 Å². The van der Waals surface area contributed by atoms with E-state index in [0.29, 0.717) is 53.0 Å². The predicted molar refractivity (Wildman–Crippen MR) is 175 cm³/mol. The molecule has 3 fully saturated rings. The van der Waals surface area contributed by atoms with Crippen molar-refractivity contribution in [3.8, 4) is 17.2 Å². The number of pyridine rings is 1. The molecular formula is C35H38ClN5O6. The molecule has 1 aliphatic carbocycles. The molecule has 3 aliphatic heterocycles. The second kappa shape index (κ2) is 11.9. The zero-order valence-electron chi connectivity index (χ0n) is 26.8. The van der Waals surface area contributed by atoms with Crippen molar-refractivity contribution in [3.63, 3.8) is 0 Å². The van der Waals surface area contributed by atoms with Crippen LogP contribution in [0.1, 0.15) is 54.5 Å². The summed E-state index contributed by atoms with van der Waals surface area (Å²) >= 11 is 6.09. The molecule has 0 bridgehead atoms. The third-order valence-corrected chi connectivity index (χ3v) is 10.3. The van der Waals surface area contributed by atoms with E-state index in [1.54, 1.807) is 25.4 Å². The summed E-state index contributed by atoms with van der Waals surface area (Å²) in [5, 5.41) is 0.565. The molecule has 8 rings (SSSR count). The lowest BCUT2D eigenvalue weighted by Gasteiger charge is -2.54. The molecule has 1 saturated carbocycles. The van der Waals surface area contributed by atoms with Gasteiger partial charge in [-0.2, -0.15) is 0 Å². The van der Waals surface area contributed by atoms with Crippen molar-refractivity contribution in [1.82, 2.24) is 19.4 Å². The largest absolute Gasteiger partial charge is 0.494 e. The lowest BCUT2D eigenvalue weighted by Crippen LogP contribution is -2.64. The summed E-state index contributed by atoms with van der Waals surface area (Å²) in [6.45, 7) is 5.70. The van der Waals surface area contributed by atoms with Gasteiger partial charge in [0.05, 0.1) is 55.2 Å². The van der Waals surface area contributed by atoms with E-state index in [0.717, 1.165) is 73.7 Å². The smallest absolute Gasteiger partial charge is 0.338 e. The highest BCUT2D eigenvalue weighted by atomic mass is 35.5. The van der Waals surface area contributed by atoms with Crippen LogP contribution >= 0.6 is 11.6 Å². The summed E-state index contributed by atoms with van der Waals surface area (Å²) < 4.78 is 31.9. The van der Waals surface area contributed by atoms with E-state index in [4.69, 9.17) is 40.3 Å². The molecule has 4 aliphatic rings. The number of para-hydroxylation sites is 1. The van der Waals surface area contributed by atoms with Crippen molar-refractivity contribution in [2.75, 3.05) is 38.8 Å². The molecule has 0 spiro atoms. The van der Waals surface area contributed by atoms with Crippen LogP contribution in [-0.2, 0) is 28.4 Å².